The number of rotatable bonds is 6. The Bertz CT molecular complexity index is 711. The number of carbonyl (C=O) groups excluding carboxylic acids is 1. The molecule has 0 saturated carbocycles. The second-order valence-electron chi connectivity index (χ2n) is 8.18. The Balaban J connectivity index is 2.25. The Hall–Kier alpha value is -2.73. The highest BCUT2D eigenvalue weighted by atomic mass is 16.6. The van der Waals surface area contributed by atoms with E-state index in [-0.39, 0.29) is 6.04 Å². The minimum absolute atomic E-state index is 0.208. The Morgan fingerprint density at radius 1 is 0.821 bits per heavy atom. The van der Waals surface area contributed by atoms with Crippen molar-refractivity contribution in [2.45, 2.75) is 32.4 Å². The summed E-state index contributed by atoms with van der Waals surface area (Å²) in [6.07, 6.45) is -0.507. The number of nitrogens with zero attached hydrogens (tertiary/aromatic N) is 2. The van der Waals surface area contributed by atoms with E-state index in [1.54, 1.807) is 0 Å². The zero-order valence-corrected chi connectivity index (χ0v) is 17.9. The third kappa shape index (κ3) is 6.16. The summed E-state index contributed by atoms with van der Waals surface area (Å²) in [5.74, 6) is 0. The number of ether oxygens (including phenoxy) is 1. The standard InChI is InChI=1S/C22H32N4O2/c1-22(2,3)28-21(27)24-23-20(16-8-12-18(13-9-16)25(4)5)17-10-14-19(15-11-17)26(6)7/h8-15,20,23H,1-7H3,(H,24,27). The van der Waals surface area contributed by atoms with E-state index in [1.165, 1.54) is 0 Å². The largest absolute Gasteiger partial charge is 0.443 e. The fourth-order valence-corrected chi connectivity index (χ4v) is 2.72. The van der Waals surface area contributed by atoms with Crippen LogP contribution in [0.2, 0.25) is 0 Å². The molecule has 28 heavy (non-hydrogen) atoms. The predicted octanol–water partition coefficient (Wildman–Crippen LogP) is 3.94. The van der Waals surface area contributed by atoms with Gasteiger partial charge < -0.3 is 14.5 Å². The molecule has 2 rings (SSSR count). The summed E-state index contributed by atoms with van der Waals surface area (Å²) in [6, 6.07) is 16.3. The van der Waals surface area contributed by atoms with Crippen LogP contribution in [0.15, 0.2) is 48.5 Å². The molecule has 6 nitrogen and oxygen atoms in total. The monoisotopic (exact) mass is 384 g/mol. The zero-order chi connectivity index (χ0) is 20.9. The number of benzene rings is 2. The van der Waals surface area contributed by atoms with Crippen molar-refractivity contribution in [1.29, 1.82) is 0 Å². The minimum atomic E-state index is -0.554. The summed E-state index contributed by atoms with van der Waals surface area (Å²) >= 11 is 0. The van der Waals surface area contributed by atoms with Gasteiger partial charge in [-0.15, -0.1) is 0 Å². The van der Waals surface area contributed by atoms with E-state index < -0.39 is 11.7 Å². The van der Waals surface area contributed by atoms with E-state index in [0.29, 0.717) is 0 Å². The molecule has 2 N–H and O–H groups in total. The summed E-state index contributed by atoms with van der Waals surface area (Å²) < 4.78 is 5.34. The van der Waals surface area contributed by atoms with E-state index in [0.717, 1.165) is 22.5 Å². The first kappa shape index (κ1) is 21.6. The molecule has 1 amide bonds. The van der Waals surface area contributed by atoms with Crippen LogP contribution >= 0.6 is 0 Å². The fraction of sp³-hybridized carbons (Fsp3) is 0.409. The molecule has 2 aromatic carbocycles. The van der Waals surface area contributed by atoms with Gasteiger partial charge in [0.2, 0.25) is 0 Å². The van der Waals surface area contributed by atoms with E-state index in [1.807, 2.05) is 49.0 Å². The maximum Gasteiger partial charge on any atom is 0.422 e. The molecule has 0 aliphatic heterocycles. The van der Waals surface area contributed by atoms with Crippen LogP contribution in [0.25, 0.3) is 0 Å². The summed E-state index contributed by atoms with van der Waals surface area (Å²) in [7, 11) is 8.03. The van der Waals surface area contributed by atoms with Crippen LogP contribution in [-0.2, 0) is 4.74 Å². The van der Waals surface area contributed by atoms with Crippen molar-refractivity contribution in [3.63, 3.8) is 0 Å². The first-order chi connectivity index (χ1) is 13.1. The van der Waals surface area contributed by atoms with Gasteiger partial charge in [0.15, 0.2) is 0 Å². The highest BCUT2D eigenvalue weighted by Crippen LogP contribution is 2.25. The van der Waals surface area contributed by atoms with Crippen molar-refractivity contribution in [2.24, 2.45) is 0 Å². The molecular formula is C22H32N4O2. The summed E-state index contributed by atoms with van der Waals surface area (Å²) in [6.45, 7) is 5.51. The second kappa shape index (κ2) is 8.97. The fourth-order valence-electron chi connectivity index (χ4n) is 2.72. The van der Waals surface area contributed by atoms with Gasteiger partial charge in [-0.05, 0) is 56.2 Å². The van der Waals surface area contributed by atoms with Crippen molar-refractivity contribution in [3.8, 4) is 0 Å². The van der Waals surface area contributed by atoms with Crippen molar-refractivity contribution in [1.82, 2.24) is 10.9 Å². The number of hydrogen-bond acceptors (Lipinski definition) is 5. The van der Waals surface area contributed by atoms with Crippen LogP contribution in [0.3, 0.4) is 0 Å². The molecule has 0 heterocycles. The number of amides is 1. The Morgan fingerprint density at radius 3 is 1.54 bits per heavy atom. The van der Waals surface area contributed by atoms with Gasteiger partial charge >= 0.3 is 6.09 Å². The molecule has 0 radical (unpaired) electrons. The highest BCUT2D eigenvalue weighted by Gasteiger charge is 2.19. The molecule has 0 fully saturated rings. The van der Waals surface area contributed by atoms with Gasteiger partial charge in [0, 0.05) is 39.6 Å². The number of anilines is 2. The van der Waals surface area contributed by atoms with Gasteiger partial charge in [0.1, 0.15) is 5.60 Å². The van der Waals surface area contributed by atoms with Crippen molar-refractivity contribution in [2.75, 3.05) is 38.0 Å². The molecule has 0 bridgehead atoms. The van der Waals surface area contributed by atoms with Crippen LogP contribution in [0.4, 0.5) is 16.2 Å². The van der Waals surface area contributed by atoms with Crippen LogP contribution in [0.1, 0.15) is 37.9 Å². The average molecular weight is 385 g/mol. The molecular weight excluding hydrogens is 352 g/mol. The van der Waals surface area contributed by atoms with Gasteiger partial charge in [-0.1, -0.05) is 24.3 Å². The summed E-state index contributed by atoms with van der Waals surface area (Å²) in [5, 5.41) is 0. The first-order valence-corrected chi connectivity index (χ1v) is 9.36. The Morgan fingerprint density at radius 2 is 1.21 bits per heavy atom. The van der Waals surface area contributed by atoms with Gasteiger partial charge in [-0.2, -0.15) is 0 Å². The highest BCUT2D eigenvalue weighted by molar-refractivity contribution is 5.67. The summed E-state index contributed by atoms with van der Waals surface area (Å²) in [4.78, 5) is 16.2. The average Bonchev–Trinajstić information content (AvgIpc) is 2.61. The molecule has 2 aromatic rings. The van der Waals surface area contributed by atoms with Gasteiger partial charge in [-0.3, -0.25) is 5.43 Å². The van der Waals surface area contributed by atoms with Gasteiger partial charge in [0.25, 0.3) is 0 Å². The first-order valence-electron chi connectivity index (χ1n) is 9.36. The quantitative estimate of drug-likeness (QED) is 0.739. The SMILES string of the molecule is CN(C)c1ccc(C(NNC(=O)OC(C)(C)C)c2ccc(N(C)C)cc2)cc1. The number of hydrazine groups is 1. The molecule has 0 aliphatic carbocycles. The van der Waals surface area contributed by atoms with E-state index in [9.17, 15) is 4.79 Å². The maximum atomic E-state index is 12.1. The maximum absolute atomic E-state index is 12.1. The van der Waals surface area contributed by atoms with Crippen molar-refractivity contribution >= 4 is 17.5 Å². The van der Waals surface area contributed by atoms with E-state index >= 15 is 0 Å². The second-order valence-corrected chi connectivity index (χ2v) is 8.18. The lowest BCUT2D eigenvalue weighted by atomic mass is 9.98. The number of nitrogens with one attached hydrogen (secondary N) is 2. The minimum Gasteiger partial charge on any atom is -0.443 e. The van der Waals surface area contributed by atoms with Crippen molar-refractivity contribution < 1.29 is 9.53 Å². The van der Waals surface area contributed by atoms with Crippen LogP contribution < -0.4 is 20.7 Å². The van der Waals surface area contributed by atoms with Crippen LogP contribution in [0.5, 0.6) is 0 Å². The third-order valence-corrected chi connectivity index (χ3v) is 4.20. The molecule has 0 aromatic heterocycles. The van der Waals surface area contributed by atoms with E-state index in [4.69, 9.17) is 4.74 Å². The predicted molar refractivity (Wildman–Crippen MR) is 116 cm³/mol. The molecule has 6 heteroatoms. The summed E-state index contributed by atoms with van der Waals surface area (Å²) in [5.41, 5.74) is 9.56. The van der Waals surface area contributed by atoms with Crippen LogP contribution in [0, 0.1) is 0 Å². The number of hydrogen-bond donors (Lipinski definition) is 2. The zero-order valence-electron chi connectivity index (χ0n) is 17.9. The van der Waals surface area contributed by atoms with Crippen LogP contribution in [-0.4, -0.2) is 39.9 Å². The Labute approximate surface area is 168 Å². The number of carbonyl (C=O) groups is 1. The normalized spacial score (nSPS) is 11.3. The molecule has 152 valence electrons. The molecule has 0 saturated heterocycles. The smallest absolute Gasteiger partial charge is 0.422 e. The van der Waals surface area contributed by atoms with Crippen molar-refractivity contribution in [3.05, 3.63) is 59.7 Å². The van der Waals surface area contributed by atoms with Gasteiger partial charge in [0.05, 0.1) is 6.04 Å². The third-order valence-electron chi connectivity index (χ3n) is 4.20. The molecule has 0 atom stereocenters. The van der Waals surface area contributed by atoms with E-state index in [2.05, 4.69) is 69.2 Å². The molecule has 0 aliphatic rings. The Kier molecular flexibility index (Phi) is 6.91. The molecule has 0 unspecified atom stereocenters. The lowest BCUT2D eigenvalue weighted by Crippen LogP contribution is -2.43. The van der Waals surface area contributed by atoms with Gasteiger partial charge in [-0.25, -0.2) is 10.2 Å². The molecule has 0 spiro atoms. The lowest BCUT2D eigenvalue weighted by molar-refractivity contribution is 0.0492. The topological polar surface area (TPSA) is 56.8 Å². The lowest BCUT2D eigenvalue weighted by Gasteiger charge is -2.24.